The summed E-state index contributed by atoms with van der Waals surface area (Å²) in [6, 6.07) is 0. The Morgan fingerprint density at radius 2 is 1.50 bits per heavy atom. The maximum atomic E-state index is 12.2. The monoisotopic (exact) mass is 282 g/mol. The molecule has 0 saturated carbocycles. The molecule has 3 aliphatic rings. The van der Waals surface area contributed by atoms with Gasteiger partial charge in [0.05, 0.1) is 44.7 Å². The molecule has 3 rings (SSSR count). The van der Waals surface area contributed by atoms with E-state index in [0.717, 1.165) is 39.1 Å². The first-order chi connectivity index (χ1) is 9.63. The molecule has 0 bridgehead atoms. The van der Waals surface area contributed by atoms with Crippen molar-refractivity contribution in [2.75, 3.05) is 26.4 Å². The zero-order valence-electron chi connectivity index (χ0n) is 11.9. The van der Waals surface area contributed by atoms with Gasteiger partial charge in [-0.2, -0.15) is 0 Å². The van der Waals surface area contributed by atoms with E-state index in [-0.39, 0.29) is 29.7 Å². The molecule has 0 aromatic heterocycles. The second-order valence-corrected chi connectivity index (χ2v) is 5.96. The van der Waals surface area contributed by atoms with E-state index in [0.29, 0.717) is 12.2 Å². The fourth-order valence-corrected chi connectivity index (χ4v) is 2.92. The van der Waals surface area contributed by atoms with E-state index >= 15 is 0 Å². The van der Waals surface area contributed by atoms with Crippen molar-refractivity contribution in [2.45, 2.75) is 44.5 Å². The molecule has 0 spiro atoms. The van der Waals surface area contributed by atoms with Gasteiger partial charge in [-0.25, -0.2) is 4.79 Å². The van der Waals surface area contributed by atoms with E-state index in [1.165, 1.54) is 0 Å². The number of hydrogen-bond acceptors (Lipinski definition) is 5. The normalized spacial score (nSPS) is 33.1. The molecule has 3 atom stereocenters. The minimum absolute atomic E-state index is 0.235. The van der Waals surface area contributed by atoms with Crippen LogP contribution in [0.15, 0.2) is 12.2 Å². The standard InChI is InChI=1S/C15H22O5/c1-3-17-14(16)10(2)15(4-11-7-18-11,5-12-8-19-12)6-13-9-20-13/h11-13H,2-9H2,1H3. The predicted octanol–water partition coefficient (Wildman–Crippen LogP) is 1.46. The van der Waals surface area contributed by atoms with Crippen LogP contribution in [0.25, 0.3) is 0 Å². The van der Waals surface area contributed by atoms with Crippen molar-refractivity contribution in [3.63, 3.8) is 0 Å². The van der Waals surface area contributed by atoms with Gasteiger partial charge in [0.1, 0.15) is 0 Å². The largest absolute Gasteiger partial charge is 0.463 e. The lowest BCUT2D eigenvalue weighted by Gasteiger charge is -2.33. The summed E-state index contributed by atoms with van der Waals surface area (Å²) in [5.41, 5.74) is 0.247. The summed E-state index contributed by atoms with van der Waals surface area (Å²) in [6.07, 6.45) is 3.13. The molecule has 5 heteroatoms. The van der Waals surface area contributed by atoms with E-state index in [2.05, 4.69) is 6.58 Å². The third-order valence-corrected chi connectivity index (χ3v) is 4.22. The average molecular weight is 282 g/mol. The van der Waals surface area contributed by atoms with Crippen LogP contribution in [0.3, 0.4) is 0 Å². The third-order valence-electron chi connectivity index (χ3n) is 4.22. The van der Waals surface area contributed by atoms with E-state index in [1.54, 1.807) is 0 Å². The third kappa shape index (κ3) is 3.40. The van der Waals surface area contributed by atoms with Gasteiger partial charge in [-0.15, -0.1) is 0 Å². The summed E-state index contributed by atoms with van der Waals surface area (Å²) < 4.78 is 21.3. The number of rotatable bonds is 9. The van der Waals surface area contributed by atoms with Gasteiger partial charge >= 0.3 is 5.97 Å². The highest BCUT2D eigenvalue weighted by Gasteiger charge is 2.49. The van der Waals surface area contributed by atoms with Crippen LogP contribution >= 0.6 is 0 Å². The Morgan fingerprint density at radius 1 is 1.10 bits per heavy atom. The first kappa shape index (κ1) is 14.0. The molecule has 0 aromatic carbocycles. The van der Waals surface area contributed by atoms with E-state index in [4.69, 9.17) is 18.9 Å². The van der Waals surface area contributed by atoms with Crippen LogP contribution in [0.2, 0.25) is 0 Å². The molecule has 3 heterocycles. The fraction of sp³-hybridized carbons (Fsp3) is 0.800. The van der Waals surface area contributed by atoms with Crippen molar-refractivity contribution in [1.82, 2.24) is 0 Å². The highest BCUT2D eigenvalue weighted by Crippen LogP contribution is 2.48. The number of esters is 1. The van der Waals surface area contributed by atoms with Crippen LogP contribution < -0.4 is 0 Å². The van der Waals surface area contributed by atoms with Gasteiger partial charge in [0.25, 0.3) is 0 Å². The predicted molar refractivity (Wildman–Crippen MR) is 71.3 cm³/mol. The molecule has 3 fully saturated rings. The zero-order chi connectivity index (χ0) is 14.2. The van der Waals surface area contributed by atoms with Crippen LogP contribution in [-0.2, 0) is 23.7 Å². The highest BCUT2D eigenvalue weighted by molar-refractivity contribution is 5.89. The van der Waals surface area contributed by atoms with Crippen LogP contribution in [-0.4, -0.2) is 50.7 Å². The quantitative estimate of drug-likeness (QED) is 0.364. The Labute approximate surface area is 119 Å². The summed E-state index contributed by atoms with van der Waals surface area (Å²) in [5, 5.41) is 0. The Morgan fingerprint density at radius 3 is 1.80 bits per heavy atom. The number of ether oxygens (including phenoxy) is 4. The molecule has 0 aliphatic carbocycles. The van der Waals surface area contributed by atoms with Crippen LogP contribution in [0.4, 0.5) is 0 Å². The highest BCUT2D eigenvalue weighted by atomic mass is 16.6. The number of epoxide rings is 3. The Bertz CT molecular complexity index is 357. The Hall–Kier alpha value is -0.910. The minimum Gasteiger partial charge on any atom is -0.463 e. The van der Waals surface area contributed by atoms with E-state index < -0.39 is 0 Å². The first-order valence-corrected chi connectivity index (χ1v) is 7.34. The van der Waals surface area contributed by atoms with Gasteiger partial charge in [0.2, 0.25) is 0 Å². The summed E-state index contributed by atoms with van der Waals surface area (Å²) in [5.74, 6) is -0.297. The van der Waals surface area contributed by atoms with E-state index in [9.17, 15) is 4.79 Å². The fourth-order valence-electron chi connectivity index (χ4n) is 2.92. The maximum absolute atomic E-state index is 12.2. The molecule has 3 saturated heterocycles. The molecule has 20 heavy (non-hydrogen) atoms. The first-order valence-electron chi connectivity index (χ1n) is 7.34. The number of hydrogen-bond donors (Lipinski definition) is 0. The van der Waals surface area contributed by atoms with Crippen molar-refractivity contribution >= 4 is 5.97 Å². The summed E-state index contributed by atoms with van der Waals surface area (Å²) in [4.78, 5) is 12.2. The van der Waals surface area contributed by atoms with Crippen LogP contribution in [0.5, 0.6) is 0 Å². The van der Waals surface area contributed by atoms with Crippen LogP contribution in [0, 0.1) is 5.41 Å². The van der Waals surface area contributed by atoms with Gasteiger partial charge in [-0.3, -0.25) is 0 Å². The maximum Gasteiger partial charge on any atom is 0.333 e. The minimum atomic E-state index is -0.310. The summed E-state index contributed by atoms with van der Waals surface area (Å²) >= 11 is 0. The summed E-state index contributed by atoms with van der Waals surface area (Å²) in [6.45, 7) is 8.54. The van der Waals surface area contributed by atoms with Crippen molar-refractivity contribution in [3.8, 4) is 0 Å². The van der Waals surface area contributed by atoms with Gasteiger partial charge in [-0.1, -0.05) is 6.58 Å². The Balaban J connectivity index is 1.76. The van der Waals surface area contributed by atoms with Crippen molar-refractivity contribution in [2.24, 2.45) is 5.41 Å². The van der Waals surface area contributed by atoms with Crippen molar-refractivity contribution in [1.29, 1.82) is 0 Å². The molecule has 0 radical (unpaired) electrons. The van der Waals surface area contributed by atoms with E-state index in [1.807, 2.05) is 6.92 Å². The Kier molecular flexibility index (Phi) is 3.84. The average Bonchev–Trinajstić information content (AvgIpc) is 3.21. The number of carbonyl (C=O) groups is 1. The molecule has 0 aromatic rings. The molecule has 3 unspecified atom stereocenters. The van der Waals surface area contributed by atoms with Gasteiger partial charge in [0.15, 0.2) is 0 Å². The lowest BCUT2D eigenvalue weighted by molar-refractivity contribution is -0.140. The number of carbonyl (C=O) groups excluding carboxylic acids is 1. The van der Waals surface area contributed by atoms with Crippen molar-refractivity contribution < 1.29 is 23.7 Å². The second-order valence-electron chi connectivity index (χ2n) is 5.96. The molecular formula is C15H22O5. The molecular weight excluding hydrogens is 260 g/mol. The molecule has 112 valence electrons. The van der Waals surface area contributed by atoms with Gasteiger partial charge < -0.3 is 18.9 Å². The molecule has 0 amide bonds. The molecule has 5 nitrogen and oxygen atoms in total. The zero-order valence-corrected chi connectivity index (χ0v) is 11.9. The topological polar surface area (TPSA) is 63.9 Å². The SMILES string of the molecule is C=C(C(=O)OCC)C(CC1CO1)(CC1CO1)CC1CO1. The second kappa shape index (κ2) is 5.47. The van der Waals surface area contributed by atoms with Gasteiger partial charge in [-0.05, 0) is 26.2 Å². The smallest absolute Gasteiger partial charge is 0.333 e. The molecule has 0 N–H and O–H groups in total. The molecule has 3 aliphatic heterocycles. The van der Waals surface area contributed by atoms with Gasteiger partial charge in [0, 0.05) is 11.0 Å². The lowest BCUT2D eigenvalue weighted by atomic mass is 9.70. The summed E-state index contributed by atoms with van der Waals surface area (Å²) in [7, 11) is 0. The van der Waals surface area contributed by atoms with Crippen molar-refractivity contribution in [3.05, 3.63) is 12.2 Å². The lowest BCUT2D eigenvalue weighted by Crippen LogP contribution is -2.33. The van der Waals surface area contributed by atoms with Crippen LogP contribution in [0.1, 0.15) is 26.2 Å².